The molecule has 1 atom stereocenters. The molecule has 0 bridgehead atoms. The molecule has 88 valence electrons. The average molecular weight is 288 g/mol. The molecule has 0 aromatic heterocycles. The Labute approximate surface area is 103 Å². The summed E-state index contributed by atoms with van der Waals surface area (Å²) in [5.74, 6) is -0.153. The van der Waals surface area contributed by atoms with Gasteiger partial charge >= 0.3 is 0 Å². The molecule has 1 rings (SSSR count). The van der Waals surface area contributed by atoms with Gasteiger partial charge in [0.25, 0.3) is 5.91 Å². The van der Waals surface area contributed by atoms with E-state index < -0.39 is 0 Å². The van der Waals surface area contributed by atoms with E-state index in [1.807, 2.05) is 13.8 Å². The second-order valence-corrected chi connectivity index (χ2v) is 4.63. The lowest BCUT2D eigenvalue weighted by atomic mass is 10.1. The average Bonchev–Trinajstić information content (AvgIpc) is 2.26. The Balaban J connectivity index is 2.68. The van der Waals surface area contributed by atoms with Gasteiger partial charge in [-0.05, 0) is 30.2 Å². The summed E-state index contributed by atoms with van der Waals surface area (Å²) >= 11 is 3.35. The highest BCUT2D eigenvalue weighted by atomic mass is 79.9. The fraction of sp³-hybridized carbons (Fsp3) is 0.417. The second kappa shape index (κ2) is 5.99. The number of alkyl halides is 1. The zero-order valence-electron chi connectivity index (χ0n) is 9.34. The summed E-state index contributed by atoms with van der Waals surface area (Å²) in [6, 6.07) is 5.62. The Morgan fingerprint density at radius 2 is 1.94 bits per heavy atom. The number of carbonyl (C=O) groups is 1. The maximum Gasteiger partial charge on any atom is 0.251 e. The standard InChI is InChI=1S/C12H15BrFNO/c1-8(2)11(7-13)15-12(16)9-3-5-10(14)6-4-9/h3-6,8,11H,7H2,1-2H3,(H,15,16). The number of benzene rings is 1. The molecule has 0 saturated carbocycles. The lowest BCUT2D eigenvalue weighted by Crippen LogP contribution is -2.39. The van der Waals surface area contributed by atoms with Crippen LogP contribution in [0.1, 0.15) is 24.2 Å². The molecule has 0 radical (unpaired) electrons. The van der Waals surface area contributed by atoms with Gasteiger partial charge in [0.05, 0.1) is 0 Å². The van der Waals surface area contributed by atoms with Gasteiger partial charge in [-0.2, -0.15) is 0 Å². The van der Waals surface area contributed by atoms with E-state index in [0.717, 1.165) is 0 Å². The minimum absolute atomic E-state index is 0.0811. The number of nitrogens with one attached hydrogen (secondary N) is 1. The zero-order chi connectivity index (χ0) is 12.1. The van der Waals surface area contributed by atoms with Crippen molar-refractivity contribution in [2.75, 3.05) is 5.33 Å². The molecule has 0 aliphatic heterocycles. The number of halogens is 2. The second-order valence-electron chi connectivity index (χ2n) is 3.99. The van der Waals surface area contributed by atoms with Crippen LogP contribution in [0.2, 0.25) is 0 Å². The first-order chi connectivity index (χ1) is 7.54. The highest BCUT2D eigenvalue weighted by Crippen LogP contribution is 2.08. The molecule has 16 heavy (non-hydrogen) atoms. The van der Waals surface area contributed by atoms with Crippen LogP contribution in [0, 0.1) is 11.7 Å². The van der Waals surface area contributed by atoms with Crippen LogP contribution in [0.15, 0.2) is 24.3 Å². The molecule has 0 aliphatic rings. The molecular weight excluding hydrogens is 273 g/mol. The fourth-order valence-electron chi connectivity index (χ4n) is 1.24. The minimum Gasteiger partial charge on any atom is -0.348 e. The summed E-state index contributed by atoms with van der Waals surface area (Å²) in [4.78, 5) is 11.8. The summed E-state index contributed by atoms with van der Waals surface area (Å²) in [6.45, 7) is 4.08. The van der Waals surface area contributed by atoms with Crippen LogP contribution in [0.3, 0.4) is 0 Å². The molecule has 4 heteroatoms. The highest BCUT2D eigenvalue weighted by molar-refractivity contribution is 9.09. The van der Waals surface area contributed by atoms with Crippen molar-refractivity contribution in [1.82, 2.24) is 5.32 Å². The molecule has 0 aliphatic carbocycles. The quantitative estimate of drug-likeness (QED) is 0.848. The van der Waals surface area contributed by atoms with Gasteiger partial charge in [0.2, 0.25) is 0 Å². The molecule has 0 saturated heterocycles. The fourth-order valence-corrected chi connectivity index (χ4v) is 2.15. The van der Waals surface area contributed by atoms with Gasteiger partial charge in [0.1, 0.15) is 5.82 Å². The summed E-state index contributed by atoms with van der Waals surface area (Å²) in [6.07, 6.45) is 0. The van der Waals surface area contributed by atoms with Crippen LogP contribution >= 0.6 is 15.9 Å². The Bertz CT molecular complexity index is 351. The largest absolute Gasteiger partial charge is 0.348 e. The van der Waals surface area contributed by atoms with Crippen LogP contribution in [-0.2, 0) is 0 Å². The van der Waals surface area contributed by atoms with Crippen LogP contribution in [-0.4, -0.2) is 17.3 Å². The highest BCUT2D eigenvalue weighted by Gasteiger charge is 2.15. The number of rotatable bonds is 4. The van der Waals surface area contributed by atoms with E-state index in [2.05, 4.69) is 21.2 Å². The first-order valence-electron chi connectivity index (χ1n) is 5.17. The van der Waals surface area contributed by atoms with E-state index in [0.29, 0.717) is 16.8 Å². The number of amides is 1. The maximum atomic E-state index is 12.7. The Hall–Kier alpha value is -0.900. The van der Waals surface area contributed by atoms with Crippen LogP contribution in [0.4, 0.5) is 4.39 Å². The molecule has 1 unspecified atom stereocenters. The van der Waals surface area contributed by atoms with Crippen molar-refractivity contribution in [3.8, 4) is 0 Å². The van der Waals surface area contributed by atoms with Crippen LogP contribution in [0.25, 0.3) is 0 Å². The van der Waals surface area contributed by atoms with Crippen molar-refractivity contribution in [1.29, 1.82) is 0 Å². The predicted molar refractivity (Wildman–Crippen MR) is 66.3 cm³/mol. The smallest absolute Gasteiger partial charge is 0.251 e. The Morgan fingerprint density at radius 3 is 2.38 bits per heavy atom. The Morgan fingerprint density at radius 1 is 1.38 bits per heavy atom. The third-order valence-electron chi connectivity index (χ3n) is 2.39. The van der Waals surface area contributed by atoms with Crippen molar-refractivity contribution >= 4 is 21.8 Å². The monoisotopic (exact) mass is 287 g/mol. The minimum atomic E-state index is -0.336. The molecule has 0 spiro atoms. The summed E-state index contributed by atoms with van der Waals surface area (Å²) in [7, 11) is 0. The molecule has 1 aromatic rings. The number of carbonyl (C=O) groups excluding carboxylic acids is 1. The Kier molecular flexibility index (Phi) is 4.93. The molecule has 2 nitrogen and oxygen atoms in total. The first kappa shape index (κ1) is 13.2. The van der Waals surface area contributed by atoms with Crippen LogP contribution < -0.4 is 5.32 Å². The topological polar surface area (TPSA) is 29.1 Å². The first-order valence-corrected chi connectivity index (χ1v) is 6.29. The van der Waals surface area contributed by atoms with E-state index in [1.165, 1.54) is 24.3 Å². The third-order valence-corrected chi connectivity index (χ3v) is 3.09. The lowest BCUT2D eigenvalue weighted by molar-refractivity contribution is 0.0931. The molecule has 1 N–H and O–H groups in total. The summed E-state index contributed by atoms with van der Waals surface area (Å²) in [5.41, 5.74) is 0.480. The van der Waals surface area contributed by atoms with Crippen molar-refractivity contribution in [3.63, 3.8) is 0 Å². The van der Waals surface area contributed by atoms with Crippen molar-refractivity contribution < 1.29 is 9.18 Å². The van der Waals surface area contributed by atoms with E-state index in [9.17, 15) is 9.18 Å². The van der Waals surface area contributed by atoms with Gasteiger partial charge in [-0.3, -0.25) is 4.79 Å². The van der Waals surface area contributed by atoms with Gasteiger partial charge in [0.15, 0.2) is 0 Å². The van der Waals surface area contributed by atoms with Gasteiger partial charge in [0, 0.05) is 16.9 Å². The zero-order valence-corrected chi connectivity index (χ0v) is 10.9. The molecular formula is C12H15BrFNO. The number of hydrogen-bond donors (Lipinski definition) is 1. The third kappa shape index (κ3) is 3.59. The van der Waals surface area contributed by atoms with E-state index in [4.69, 9.17) is 0 Å². The van der Waals surface area contributed by atoms with Crippen molar-refractivity contribution in [2.24, 2.45) is 5.92 Å². The van der Waals surface area contributed by atoms with E-state index in [-0.39, 0.29) is 17.8 Å². The number of hydrogen-bond acceptors (Lipinski definition) is 1. The SMILES string of the molecule is CC(C)C(CBr)NC(=O)c1ccc(F)cc1. The molecule has 1 aromatic carbocycles. The molecule has 0 heterocycles. The van der Waals surface area contributed by atoms with Gasteiger partial charge < -0.3 is 5.32 Å². The lowest BCUT2D eigenvalue weighted by Gasteiger charge is -2.19. The molecule has 0 fully saturated rings. The predicted octanol–water partition coefficient (Wildman–Crippen LogP) is 2.98. The van der Waals surface area contributed by atoms with Gasteiger partial charge in [-0.15, -0.1) is 0 Å². The van der Waals surface area contributed by atoms with Crippen molar-refractivity contribution in [2.45, 2.75) is 19.9 Å². The van der Waals surface area contributed by atoms with Gasteiger partial charge in [-0.25, -0.2) is 4.39 Å². The van der Waals surface area contributed by atoms with Crippen LogP contribution in [0.5, 0.6) is 0 Å². The molecule has 1 amide bonds. The summed E-state index contributed by atoms with van der Waals surface area (Å²) in [5, 5.41) is 3.60. The van der Waals surface area contributed by atoms with Gasteiger partial charge in [-0.1, -0.05) is 29.8 Å². The normalized spacial score (nSPS) is 12.6. The van der Waals surface area contributed by atoms with E-state index >= 15 is 0 Å². The van der Waals surface area contributed by atoms with Crippen molar-refractivity contribution in [3.05, 3.63) is 35.6 Å². The summed E-state index contributed by atoms with van der Waals surface area (Å²) < 4.78 is 12.7. The van der Waals surface area contributed by atoms with E-state index in [1.54, 1.807) is 0 Å². The maximum absolute atomic E-state index is 12.7.